The van der Waals surface area contributed by atoms with Gasteiger partial charge in [-0.15, -0.1) is 0 Å². The molecule has 2 amide bonds. The van der Waals surface area contributed by atoms with Gasteiger partial charge in [-0.25, -0.2) is 8.42 Å². The predicted octanol–water partition coefficient (Wildman–Crippen LogP) is 3.95. The van der Waals surface area contributed by atoms with E-state index in [9.17, 15) is 18.0 Å². The molecule has 0 spiro atoms. The molecule has 0 aliphatic heterocycles. The third-order valence-corrected chi connectivity index (χ3v) is 7.17. The maximum atomic E-state index is 13.8. The highest BCUT2D eigenvalue weighted by molar-refractivity contribution is 7.92. The van der Waals surface area contributed by atoms with Crippen molar-refractivity contribution in [2.75, 3.05) is 24.2 Å². The van der Waals surface area contributed by atoms with E-state index in [2.05, 4.69) is 5.32 Å². The first-order chi connectivity index (χ1) is 17.5. The molecule has 0 aliphatic carbocycles. The summed E-state index contributed by atoms with van der Waals surface area (Å²) in [5, 5.41) is 4.47. The maximum absolute atomic E-state index is 13.8. The molecular formula is C28H35N3O5S. The van der Waals surface area contributed by atoms with Crippen molar-refractivity contribution in [1.82, 2.24) is 10.2 Å². The fourth-order valence-corrected chi connectivity index (χ4v) is 5.11. The normalized spacial score (nSPS) is 12.3. The molecule has 0 fully saturated rings. The second kappa shape index (κ2) is 12.1. The molecular weight excluding hydrogens is 490 g/mol. The molecule has 0 saturated heterocycles. The summed E-state index contributed by atoms with van der Waals surface area (Å²) in [6.45, 7) is 5.24. The number of amides is 2. The second-order valence-corrected chi connectivity index (χ2v) is 11.1. The number of ether oxygens (including phenoxy) is 1. The largest absolute Gasteiger partial charge is 0.497 e. The number of hydrogen-bond acceptors (Lipinski definition) is 5. The van der Waals surface area contributed by atoms with Crippen LogP contribution in [-0.2, 0) is 26.2 Å². The quantitative estimate of drug-likeness (QED) is 0.409. The Bertz CT molecular complexity index is 1330. The van der Waals surface area contributed by atoms with Crippen molar-refractivity contribution in [3.63, 3.8) is 0 Å². The lowest BCUT2D eigenvalue weighted by atomic mass is 10.1. The first kappa shape index (κ1) is 28.0. The molecule has 0 radical (unpaired) electrons. The minimum Gasteiger partial charge on any atom is -0.497 e. The van der Waals surface area contributed by atoms with Gasteiger partial charge < -0.3 is 15.0 Å². The second-order valence-electron chi connectivity index (χ2n) is 9.22. The van der Waals surface area contributed by atoms with Crippen molar-refractivity contribution >= 4 is 38.3 Å². The predicted molar refractivity (Wildman–Crippen MR) is 147 cm³/mol. The molecule has 0 aliphatic rings. The van der Waals surface area contributed by atoms with Crippen molar-refractivity contribution in [3.05, 3.63) is 72.3 Å². The van der Waals surface area contributed by atoms with Gasteiger partial charge in [0.15, 0.2) is 0 Å². The molecule has 3 aromatic rings. The van der Waals surface area contributed by atoms with Gasteiger partial charge in [0.05, 0.1) is 19.1 Å². The molecule has 0 saturated carbocycles. The molecule has 3 aromatic carbocycles. The van der Waals surface area contributed by atoms with Gasteiger partial charge in [-0.05, 0) is 49.4 Å². The van der Waals surface area contributed by atoms with Crippen molar-refractivity contribution in [1.29, 1.82) is 0 Å². The highest BCUT2D eigenvalue weighted by Crippen LogP contribution is 2.29. The smallest absolute Gasteiger partial charge is 0.244 e. The summed E-state index contributed by atoms with van der Waals surface area (Å²) in [6, 6.07) is 19.1. The molecule has 9 heteroatoms. The molecule has 1 atom stereocenters. The van der Waals surface area contributed by atoms with Crippen molar-refractivity contribution in [2.24, 2.45) is 0 Å². The molecule has 0 aromatic heterocycles. The van der Waals surface area contributed by atoms with E-state index in [1.54, 1.807) is 31.4 Å². The van der Waals surface area contributed by atoms with Gasteiger partial charge >= 0.3 is 0 Å². The Hall–Kier alpha value is -3.59. The van der Waals surface area contributed by atoms with E-state index in [1.165, 1.54) is 4.90 Å². The van der Waals surface area contributed by atoms with Crippen LogP contribution in [0.5, 0.6) is 5.75 Å². The van der Waals surface area contributed by atoms with Crippen LogP contribution in [-0.4, -0.2) is 57.1 Å². The zero-order chi connectivity index (χ0) is 27.2. The summed E-state index contributed by atoms with van der Waals surface area (Å²) < 4.78 is 32.2. The number of methoxy groups -OCH3 is 1. The van der Waals surface area contributed by atoms with E-state index in [4.69, 9.17) is 4.74 Å². The van der Waals surface area contributed by atoms with E-state index in [0.717, 1.165) is 26.9 Å². The van der Waals surface area contributed by atoms with Gasteiger partial charge in [0.1, 0.15) is 18.3 Å². The summed E-state index contributed by atoms with van der Waals surface area (Å²) in [7, 11) is -2.25. The van der Waals surface area contributed by atoms with Gasteiger partial charge in [0.2, 0.25) is 21.8 Å². The van der Waals surface area contributed by atoms with Crippen LogP contribution in [0.15, 0.2) is 66.7 Å². The van der Waals surface area contributed by atoms with E-state index in [0.29, 0.717) is 17.9 Å². The highest BCUT2D eigenvalue weighted by atomic mass is 32.2. The molecule has 0 unspecified atom stereocenters. The Morgan fingerprint density at radius 1 is 0.973 bits per heavy atom. The summed E-state index contributed by atoms with van der Waals surface area (Å²) in [6.07, 6.45) is 1.45. The van der Waals surface area contributed by atoms with E-state index >= 15 is 0 Å². The number of fused-ring (bicyclic) bond motifs is 1. The lowest BCUT2D eigenvalue weighted by molar-refractivity contribution is -0.140. The Labute approximate surface area is 219 Å². The Balaban J connectivity index is 2.02. The summed E-state index contributed by atoms with van der Waals surface area (Å²) in [4.78, 5) is 28.4. The van der Waals surface area contributed by atoms with Crippen LogP contribution in [0.1, 0.15) is 32.8 Å². The summed E-state index contributed by atoms with van der Waals surface area (Å²) in [5.74, 6) is -0.0826. The fraction of sp³-hybridized carbons (Fsp3) is 0.357. The zero-order valence-electron chi connectivity index (χ0n) is 22.0. The Morgan fingerprint density at radius 3 is 2.22 bits per heavy atom. The lowest BCUT2D eigenvalue weighted by Crippen LogP contribution is -2.53. The van der Waals surface area contributed by atoms with Gasteiger partial charge in [-0.3, -0.25) is 13.9 Å². The number of anilines is 1. The van der Waals surface area contributed by atoms with Gasteiger partial charge in [-0.2, -0.15) is 0 Å². The number of rotatable bonds is 11. The number of carbonyl (C=O) groups is 2. The average molecular weight is 526 g/mol. The molecule has 8 nitrogen and oxygen atoms in total. The highest BCUT2D eigenvalue weighted by Gasteiger charge is 2.32. The van der Waals surface area contributed by atoms with E-state index in [-0.39, 0.29) is 18.5 Å². The number of benzene rings is 3. The number of sulfonamides is 1. The number of nitrogens with one attached hydrogen (secondary N) is 1. The van der Waals surface area contributed by atoms with Crippen LogP contribution in [0.2, 0.25) is 0 Å². The summed E-state index contributed by atoms with van der Waals surface area (Å²) in [5.41, 5.74) is 1.21. The Kier molecular flexibility index (Phi) is 9.15. The van der Waals surface area contributed by atoms with Crippen LogP contribution in [0, 0.1) is 0 Å². The number of carbonyl (C=O) groups excluding carboxylic acids is 2. The zero-order valence-corrected chi connectivity index (χ0v) is 22.8. The van der Waals surface area contributed by atoms with Gasteiger partial charge in [0, 0.05) is 18.0 Å². The van der Waals surface area contributed by atoms with Crippen LogP contribution in [0.3, 0.4) is 0 Å². The minimum atomic E-state index is -3.82. The SMILES string of the molecule is CC[C@H](C(=O)NC(C)C)N(Cc1ccc(OC)cc1)C(=O)CN(c1cccc2ccccc12)S(C)(=O)=O. The van der Waals surface area contributed by atoms with Gasteiger partial charge in [-0.1, -0.05) is 55.5 Å². The monoisotopic (exact) mass is 525 g/mol. The minimum absolute atomic E-state index is 0.109. The molecule has 0 bridgehead atoms. The van der Waals surface area contributed by atoms with Crippen molar-refractivity contribution in [3.8, 4) is 5.75 Å². The standard InChI is InChI=1S/C28H35N3O5S/c1-6-25(28(33)29-20(2)3)30(18-21-14-16-23(36-4)17-15-21)27(32)19-31(37(5,34)35)26-13-9-11-22-10-7-8-12-24(22)26/h7-17,20,25H,6,18-19H2,1-5H3,(H,29,33)/t25-/m1/s1. The number of nitrogens with zero attached hydrogens (tertiary/aromatic N) is 2. The molecule has 37 heavy (non-hydrogen) atoms. The average Bonchev–Trinajstić information content (AvgIpc) is 2.86. The molecule has 198 valence electrons. The molecule has 1 N–H and O–H groups in total. The van der Waals surface area contributed by atoms with Crippen LogP contribution in [0.4, 0.5) is 5.69 Å². The molecule has 0 heterocycles. The number of hydrogen-bond donors (Lipinski definition) is 1. The first-order valence-corrected chi connectivity index (χ1v) is 14.1. The third kappa shape index (κ3) is 7.01. The van der Waals surface area contributed by atoms with Gasteiger partial charge in [0.25, 0.3) is 0 Å². The van der Waals surface area contributed by atoms with Crippen molar-refractivity contribution in [2.45, 2.75) is 45.8 Å². The topological polar surface area (TPSA) is 96.0 Å². The van der Waals surface area contributed by atoms with E-state index in [1.807, 2.05) is 63.2 Å². The lowest BCUT2D eigenvalue weighted by Gasteiger charge is -2.33. The summed E-state index contributed by atoms with van der Waals surface area (Å²) >= 11 is 0. The van der Waals surface area contributed by atoms with Crippen LogP contribution >= 0.6 is 0 Å². The fourth-order valence-electron chi connectivity index (χ4n) is 4.25. The Morgan fingerprint density at radius 2 is 1.62 bits per heavy atom. The maximum Gasteiger partial charge on any atom is 0.244 e. The van der Waals surface area contributed by atoms with Crippen LogP contribution < -0.4 is 14.4 Å². The van der Waals surface area contributed by atoms with Crippen molar-refractivity contribution < 1.29 is 22.7 Å². The first-order valence-electron chi connectivity index (χ1n) is 12.2. The van der Waals surface area contributed by atoms with Crippen LogP contribution in [0.25, 0.3) is 10.8 Å². The molecule has 3 rings (SSSR count). The van der Waals surface area contributed by atoms with E-state index < -0.39 is 28.5 Å². The third-order valence-electron chi connectivity index (χ3n) is 6.04.